The highest BCUT2D eigenvalue weighted by Gasteiger charge is 2.32. The van der Waals surface area contributed by atoms with Crippen molar-refractivity contribution in [2.75, 3.05) is 0 Å². The Morgan fingerprint density at radius 2 is 1.62 bits per heavy atom. The van der Waals surface area contributed by atoms with Crippen molar-refractivity contribution in [3.8, 4) is 11.1 Å². The molecule has 0 saturated carbocycles. The molecule has 1 aliphatic carbocycles. The van der Waals surface area contributed by atoms with Crippen LogP contribution in [0.2, 0.25) is 0 Å². The van der Waals surface area contributed by atoms with Gasteiger partial charge in [0, 0.05) is 6.54 Å². The minimum absolute atomic E-state index is 0.158. The molecular formula is C17H15N3S. The number of rotatable bonds is 2. The van der Waals surface area contributed by atoms with Gasteiger partial charge in [-0.3, -0.25) is 5.10 Å². The molecule has 0 bridgehead atoms. The summed E-state index contributed by atoms with van der Waals surface area (Å²) in [6.45, 7) is 2.92. The van der Waals surface area contributed by atoms with Gasteiger partial charge in [-0.15, -0.1) is 0 Å². The van der Waals surface area contributed by atoms with Crippen LogP contribution in [0.4, 0.5) is 0 Å². The monoisotopic (exact) mass is 293 g/mol. The first-order valence-corrected chi connectivity index (χ1v) is 7.55. The highest BCUT2D eigenvalue weighted by atomic mass is 32.1. The number of benzene rings is 2. The lowest BCUT2D eigenvalue weighted by atomic mass is 9.96. The number of hydrogen-bond donors (Lipinski definition) is 1. The maximum absolute atomic E-state index is 5.35. The molecule has 1 N–H and O–H groups in total. The first-order chi connectivity index (χ1) is 10.3. The van der Waals surface area contributed by atoms with Crippen LogP contribution in [-0.2, 0) is 6.54 Å². The van der Waals surface area contributed by atoms with Crippen molar-refractivity contribution in [1.82, 2.24) is 14.8 Å². The summed E-state index contributed by atoms with van der Waals surface area (Å²) in [4.78, 5) is 0. The smallest absolute Gasteiger partial charge is 0.195 e. The van der Waals surface area contributed by atoms with Crippen LogP contribution >= 0.6 is 12.2 Å². The van der Waals surface area contributed by atoms with Crippen LogP contribution in [0, 0.1) is 4.77 Å². The molecular weight excluding hydrogens is 278 g/mol. The largest absolute Gasteiger partial charge is 0.304 e. The lowest BCUT2D eigenvalue weighted by Crippen LogP contribution is -2.09. The van der Waals surface area contributed by atoms with E-state index < -0.39 is 0 Å². The first kappa shape index (κ1) is 12.5. The number of nitrogens with zero attached hydrogens (tertiary/aromatic N) is 2. The van der Waals surface area contributed by atoms with Gasteiger partial charge in [0.05, 0.1) is 5.92 Å². The molecule has 1 aliphatic rings. The molecule has 1 aromatic heterocycles. The van der Waals surface area contributed by atoms with Crippen molar-refractivity contribution in [3.63, 3.8) is 0 Å². The van der Waals surface area contributed by atoms with Gasteiger partial charge in [0.15, 0.2) is 4.77 Å². The van der Waals surface area contributed by atoms with E-state index in [4.69, 9.17) is 12.2 Å². The third-order valence-corrected chi connectivity index (χ3v) is 4.51. The molecule has 3 aromatic rings. The molecule has 3 nitrogen and oxygen atoms in total. The summed E-state index contributed by atoms with van der Waals surface area (Å²) >= 11 is 5.35. The van der Waals surface area contributed by atoms with Crippen molar-refractivity contribution >= 4 is 12.2 Å². The van der Waals surface area contributed by atoms with Gasteiger partial charge < -0.3 is 4.57 Å². The molecule has 0 radical (unpaired) electrons. The topological polar surface area (TPSA) is 33.6 Å². The predicted octanol–water partition coefficient (Wildman–Crippen LogP) is 4.12. The van der Waals surface area contributed by atoms with E-state index in [1.54, 1.807) is 0 Å². The Kier molecular flexibility index (Phi) is 2.79. The normalized spacial score (nSPS) is 13.2. The second-order valence-corrected chi connectivity index (χ2v) is 5.63. The molecule has 2 aromatic carbocycles. The summed E-state index contributed by atoms with van der Waals surface area (Å²) in [6, 6.07) is 17.1. The zero-order valence-electron chi connectivity index (χ0n) is 11.7. The van der Waals surface area contributed by atoms with Gasteiger partial charge in [0.2, 0.25) is 0 Å². The minimum Gasteiger partial charge on any atom is -0.304 e. The third-order valence-electron chi connectivity index (χ3n) is 4.20. The molecule has 4 heteroatoms. The summed E-state index contributed by atoms with van der Waals surface area (Å²) in [5.41, 5.74) is 5.22. The Balaban J connectivity index is 2.03. The molecule has 0 saturated heterocycles. The lowest BCUT2D eigenvalue weighted by molar-refractivity contribution is 0.681. The van der Waals surface area contributed by atoms with Gasteiger partial charge in [0.1, 0.15) is 5.82 Å². The number of fused-ring (bicyclic) bond motifs is 3. The van der Waals surface area contributed by atoms with E-state index in [9.17, 15) is 0 Å². The molecule has 0 amide bonds. The standard InChI is InChI=1S/C17H15N3S/c1-2-20-16(18-19-17(20)21)15-13-9-5-3-7-11(13)12-8-4-6-10-14(12)15/h3-10,15H,2H2,1H3,(H,19,21). The zero-order chi connectivity index (χ0) is 14.4. The number of H-pyrrole nitrogens is 1. The van der Waals surface area contributed by atoms with Crippen molar-refractivity contribution < 1.29 is 0 Å². The van der Waals surface area contributed by atoms with E-state index in [2.05, 4.69) is 70.2 Å². The highest BCUT2D eigenvalue weighted by molar-refractivity contribution is 7.71. The summed E-state index contributed by atoms with van der Waals surface area (Å²) in [5, 5.41) is 7.45. The Morgan fingerprint density at radius 1 is 1.05 bits per heavy atom. The zero-order valence-corrected chi connectivity index (χ0v) is 12.5. The predicted molar refractivity (Wildman–Crippen MR) is 85.9 cm³/mol. The third kappa shape index (κ3) is 1.72. The van der Waals surface area contributed by atoms with Gasteiger partial charge in [-0.05, 0) is 41.4 Å². The van der Waals surface area contributed by atoms with Gasteiger partial charge in [-0.25, -0.2) is 0 Å². The number of aromatic amines is 1. The Labute approximate surface area is 128 Å². The van der Waals surface area contributed by atoms with Crippen LogP contribution in [0.15, 0.2) is 48.5 Å². The second kappa shape index (κ2) is 4.67. The average Bonchev–Trinajstić information content (AvgIpc) is 3.05. The van der Waals surface area contributed by atoms with Gasteiger partial charge >= 0.3 is 0 Å². The van der Waals surface area contributed by atoms with Crippen LogP contribution in [0.1, 0.15) is 29.8 Å². The maximum atomic E-state index is 5.35. The molecule has 0 fully saturated rings. The van der Waals surface area contributed by atoms with Crippen LogP contribution in [-0.4, -0.2) is 14.8 Å². The Bertz CT molecular complexity index is 830. The molecule has 0 unspecified atom stereocenters. The highest BCUT2D eigenvalue weighted by Crippen LogP contribution is 2.47. The molecule has 1 heterocycles. The van der Waals surface area contributed by atoms with E-state index in [0.29, 0.717) is 4.77 Å². The molecule has 0 aliphatic heterocycles. The number of nitrogens with one attached hydrogen (secondary N) is 1. The first-order valence-electron chi connectivity index (χ1n) is 7.14. The second-order valence-electron chi connectivity index (χ2n) is 5.24. The van der Waals surface area contributed by atoms with Crippen molar-refractivity contribution in [3.05, 3.63) is 70.3 Å². The Hall–Kier alpha value is -2.20. The molecule has 21 heavy (non-hydrogen) atoms. The fraction of sp³-hybridized carbons (Fsp3) is 0.176. The fourth-order valence-electron chi connectivity index (χ4n) is 3.29. The van der Waals surface area contributed by atoms with Gasteiger partial charge in [0.25, 0.3) is 0 Å². The number of hydrogen-bond acceptors (Lipinski definition) is 2. The van der Waals surface area contributed by atoms with Crippen molar-refractivity contribution in [1.29, 1.82) is 0 Å². The van der Waals surface area contributed by atoms with Gasteiger partial charge in [-0.1, -0.05) is 48.5 Å². The maximum Gasteiger partial charge on any atom is 0.195 e. The van der Waals surface area contributed by atoms with Gasteiger partial charge in [-0.2, -0.15) is 5.10 Å². The van der Waals surface area contributed by atoms with Crippen LogP contribution in [0.5, 0.6) is 0 Å². The molecule has 0 spiro atoms. The summed E-state index contributed by atoms with van der Waals surface area (Å²) in [7, 11) is 0. The molecule has 0 atom stereocenters. The SMILES string of the molecule is CCn1c(C2c3ccccc3-c3ccccc32)n[nH]c1=S. The Morgan fingerprint density at radius 3 is 2.19 bits per heavy atom. The van der Waals surface area contributed by atoms with E-state index >= 15 is 0 Å². The van der Waals surface area contributed by atoms with E-state index in [-0.39, 0.29) is 5.92 Å². The molecule has 4 rings (SSSR count). The fourth-order valence-corrected chi connectivity index (χ4v) is 3.56. The van der Waals surface area contributed by atoms with E-state index in [1.807, 2.05) is 0 Å². The van der Waals surface area contributed by atoms with Crippen LogP contribution in [0.3, 0.4) is 0 Å². The van der Waals surface area contributed by atoms with E-state index in [0.717, 1.165) is 12.4 Å². The quantitative estimate of drug-likeness (QED) is 0.564. The summed E-state index contributed by atoms with van der Waals surface area (Å²) in [6.07, 6.45) is 0. The van der Waals surface area contributed by atoms with Crippen molar-refractivity contribution in [2.45, 2.75) is 19.4 Å². The van der Waals surface area contributed by atoms with Crippen LogP contribution in [0.25, 0.3) is 11.1 Å². The van der Waals surface area contributed by atoms with Crippen molar-refractivity contribution in [2.24, 2.45) is 0 Å². The lowest BCUT2D eigenvalue weighted by Gasteiger charge is -2.13. The van der Waals surface area contributed by atoms with E-state index in [1.165, 1.54) is 22.3 Å². The summed E-state index contributed by atoms with van der Waals surface area (Å²) < 4.78 is 2.77. The molecule has 104 valence electrons. The van der Waals surface area contributed by atoms with Crippen LogP contribution < -0.4 is 0 Å². The minimum atomic E-state index is 0.158. The number of aromatic nitrogens is 3. The summed E-state index contributed by atoms with van der Waals surface area (Å²) in [5.74, 6) is 1.16. The average molecular weight is 293 g/mol.